The number of nitrogens with zero attached hydrogens (tertiary/aromatic N) is 4. The summed E-state index contributed by atoms with van der Waals surface area (Å²) in [6, 6.07) is 15.8. The molecule has 3 heterocycles. The summed E-state index contributed by atoms with van der Waals surface area (Å²) < 4.78 is 12.0. The van der Waals surface area contributed by atoms with Crippen LogP contribution in [0.2, 0.25) is 0 Å². The van der Waals surface area contributed by atoms with Crippen molar-refractivity contribution < 1.29 is 14.3 Å². The second-order valence-electron chi connectivity index (χ2n) is 9.93. The lowest BCUT2D eigenvalue weighted by Crippen LogP contribution is -2.44. The first-order valence-electron chi connectivity index (χ1n) is 13.3. The average molecular weight is 529 g/mol. The molecule has 0 atom stereocenters. The lowest BCUT2D eigenvalue weighted by atomic mass is 10.2. The lowest BCUT2D eigenvalue weighted by molar-refractivity contribution is -0.111. The summed E-state index contributed by atoms with van der Waals surface area (Å²) in [5.74, 6) is 2.21. The Morgan fingerprint density at radius 3 is 2.46 bits per heavy atom. The van der Waals surface area contributed by atoms with E-state index in [2.05, 4.69) is 51.1 Å². The molecule has 9 nitrogen and oxygen atoms in total. The van der Waals surface area contributed by atoms with E-state index in [4.69, 9.17) is 14.5 Å². The number of aryl methyl sites for hydroxylation is 1. The van der Waals surface area contributed by atoms with Gasteiger partial charge in [0, 0.05) is 62.8 Å². The van der Waals surface area contributed by atoms with Crippen LogP contribution in [0.4, 0.5) is 28.6 Å². The van der Waals surface area contributed by atoms with Crippen LogP contribution in [-0.2, 0) is 4.79 Å². The molecule has 3 aromatic rings. The Hall–Kier alpha value is -4.24. The molecule has 2 N–H and O–H groups in total. The third-order valence-corrected chi connectivity index (χ3v) is 7.22. The van der Waals surface area contributed by atoms with Crippen LogP contribution in [0.1, 0.15) is 12.0 Å². The number of pyridine rings is 1. The van der Waals surface area contributed by atoms with Crippen LogP contribution in [0.5, 0.6) is 17.4 Å². The highest BCUT2D eigenvalue weighted by Crippen LogP contribution is 2.37. The minimum atomic E-state index is -0.270. The molecule has 0 aliphatic carbocycles. The minimum absolute atomic E-state index is 0.270. The number of amides is 1. The largest absolute Gasteiger partial charge is 0.494 e. The number of rotatable bonds is 9. The fourth-order valence-corrected chi connectivity index (χ4v) is 4.65. The van der Waals surface area contributed by atoms with Crippen LogP contribution in [0, 0.1) is 6.92 Å². The van der Waals surface area contributed by atoms with Gasteiger partial charge >= 0.3 is 0 Å². The Kier molecular flexibility index (Phi) is 7.88. The number of benzene rings is 2. The van der Waals surface area contributed by atoms with Crippen molar-refractivity contribution in [1.29, 1.82) is 0 Å². The van der Waals surface area contributed by atoms with Gasteiger partial charge in [-0.3, -0.25) is 4.79 Å². The Bertz CT molecular complexity index is 1350. The first-order chi connectivity index (χ1) is 18.9. The van der Waals surface area contributed by atoms with Gasteiger partial charge in [0.2, 0.25) is 11.8 Å². The molecular formula is C30H36N6O3. The molecule has 1 amide bonds. The molecule has 9 heteroatoms. The van der Waals surface area contributed by atoms with Gasteiger partial charge in [-0.2, -0.15) is 4.98 Å². The molecule has 2 fully saturated rings. The quantitative estimate of drug-likeness (QED) is 0.375. The number of methoxy groups -OCH3 is 1. The maximum Gasteiger partial charge on any atom is 0.247 e. The molecule has 39 heavy (non-hydrogen) atoms. The summed E-state index contributed by atoms with van der Waals surface area (Å²) in [6.07, 6.45) is 2.39. The molecule has 0 bridgehead atoms. The summed E-state index contributed by atoms with van der Waals surface area (Å²) in [5.41, 5.74) is 4.50. The molecular weight excluding hydrogens is 492 g/mol. The van der Waals surface area contributed by atoms with E-state index in [1.165, 1.54) is 6.08 Å². The standard InChI is InChI=1S/C30H36N6O3/c1-5-29(37)32-25-20-23(9-7-21(25)2)39-30-26(36-13-6-14-36)11-12-28(33-30)31-24-10-8-22(19-27(24)38-4)35-17-15-34(3)16-18-35/h5,7-12,19-20H,1,6,13-18H2,2-4H3,(H,31,33)(H,32,37). The second-order valence-corrected chi connectivity index (χ2v) is 9.93. The predicted molar refractivity (Wildman–Crippen MR) is 157 cm³/mol. The number of anilines is 5. The van der Waals surface area contributed by atoms with Gasteiger partial charge in [-0.05, 0) is 62.4 Å². The van der Waals surface area contributed by atoms with Crippen molar-refractivity contribution in [1.82, 2.24) is 9.88 Å². The van der Waals surface area contributed by atoms with Gasteiger partial charge in [0.05, 0.1) is 12.8 Å². The zero-order chi connectivity index (χ0) is 27.4. The van der Waals surface area contributed by atoms with E-state index in [9.17, 15) is 4.79 Å². The Morgan fingerprint density at radius 2 is 1.77 bits per heavy atom. The Morgan fingerprint density at radius 1 is 0.974 bits per heavy atom. The molecule has 2 aliphatic rings. The number of hydrogen-bond acceptors (Lipinski definition) is 8. The normalized spacial score (nSPS) is 15.4. The van der Waals surface area contributed by atoms with E-state index in [1.54, 1.807) is 13.2 Å². The summed E-state index contributed by atoms with van der Waals surface area (Å²) in [6.45, 7) is 11.4. The first-order valence-corrected chi connectivity index (χ1v) is 13.3. The fourth-order valence-electron chi connectivity index (χ4n) is 4.65. The van der Waals surface area contributed by atoms with Gasteiger partial charge in [-0.25, -0.2) is 0 Å². The predicted octanol–water partition coefficient (Wildman–Crippen LogP) is 5.02. The number of piperazine rings is 1. The van der Waals surface area contributed by atoms with E-state index in [0.717, 1.165) is 74.1 Å². The number of carbonyl (C=O) groups is 1. The van der Waals surface area contributed by atoms with Crippen molar-refractivity contribution in [2.24, 2.45) is 0 Å². The molecule has 204 valence electrons. The Balaban J connectivity index is 1.39. The molecule has 2 aromatic carbocycles. The molecule has 0 radical (unpaired) electrons. The van der Waals surface area contributed by atoms with Crippen molar-refractivity contribution >= 4 is 34.5 Å². The smallest absolute Gasteiger partial charge is 0.247 e. The minimum Gasteiger partial charge on any atom is -0.494 e. The summed E-state index contributed by atoms with van der Waals surface area (Å²) in [4.78, 5) is 23.7. The molecule has 2 aliphatic heterocycles. The lowest BCUT2D eigenvalue weighted by Gasteiger charge is -2.34. The summed E-state index contributed by atoms with van der Waals surface area (Å²) >= 11 is 0. The van der Waals surface area contributed by atoms with Crippen molar-refractivity contribution in [3.63, 3.8) is 0 Å². The van der Waals surface area contributed by atoms with Crippen molar-refractivity contribution in [2.45, 2.75) is 13.3 Å². The number of ether oxygens (including phenoxy) is 2. The van der Waals surface area contributed by atoms with Crippen LogP contribution >= 0.6 is 0 Å². The number of carbonyl (C=O) groups excluding carboxylic acids is 1. The van der Waals surface area contributed by atoms with Crippen LogP contribution in [-0.4, -0.2) is 69.2 Å². The van der Waals surface area contributed by atoms with Gasteiger partial charge in [0.15, 0.2) is 0 Å². The second kappa shape index (κ2) is 11.7. The third kappa shape index (κ3) is 6.09. The molecule has 0 saturated carbocycles. The number of aromatic nitrogens is 1. The van der Waals surface area contributed by atoms with Crippen molar-refractivity contribution in [3.05, 3.63) is 66.7 Å². The van der Waals surface area contributed by atoms with E-state index in [-0.39, 0.29) is 5.91 Å². The van der Waals surface area contributed by atoms with Crippen LogP contribution < -0.4 is 29.9 Å². The molecule has 5 rings (SSSR count). The summed E-state index contributed by atoms with van der Waals surface area (Å²) in [5, 5.41) is 6.25. The third-order valence-electron chi connectivity index (χ3n) is 7.22. The number of nitrogens with one attached hydrogen (secondary N) is 2. The SMILES string of the molecule is C=CC(=O)Nc1cc(Oc2nc(Nc3ccc(N4CCN(C)CC4)cc3OC)ccc2N2CCC2)ccc1C. The summed E-state index contributed by atoms with van der Waals surface area (Å²) in [7, 11) is 3.84. The van der Waals surface area contributed by atoms with E-state index in [0.29, 0.717) is 23.1 Å². The van der Waals surface area contributed by atoms with Gasteiger partial charge in [-0.1, -0.05) is 12.6 Å². The Labute approximate surface area is 230 Å². The monoisotopic (exact) mass is 528 g/mol. The maximum absolute atomic E-state index is 11.9. The van der Waals surface area contributed by atoms with Gasteiger partial charge < -0.3 is 34.8 Å². The zero-order valence-corrected chi connectivity index (χ0v) is 22.9. The first kappa shape index (κ1) is 26.4. The van der Waals surface area contributed by atoms with Crippen LogP contribution in [0.3, 0.4) is 0 Å². The van der Waals surface area contributed by atoms with Crippen molar-refractivity contribution in [3.8, 4) is 17.4 Å². The van der Waals surface area contributed by atoms with E-state index < -0.39 is 0 Å². The van der Waals surface area contributed by atoms with E-state index in [1.807, 2.05) is 37.3 Å². The molecule has 1 aromatic heterocycles. The average Bonchev–Trinajstić information content (AvgIpc) is 2.91. The zero-order valence-electron chi connectivity index (χ0n) is 22.9. The molecule has 0 spiro atoms. The van der Waals surface area contributed by atoms with Crippen LogP contribution in [0.25, 0.3) is 0 Å². The maximum atomic E-state index is 11.9. The van der Waals surface area contributed by atoms with Gasteiger partial charge in [0.25, 0.3) is 0 Å². The number of likely N-dealkylation sites (N-methyl/N-ethyl adjacent to an activating group) is 1. The molecule has 0 unspecified atom stereocenters. The van der Waals surface area contributed by atoms with E-state index >= 15 is 0 Å². The number of hydrogen-bond donors (Lipinski definition) is 2. The van der Waals surface area contributed by atoms with Gasteiger partial charge in [-0.15, -0.1) is 0 Å². The highest BCUT2D eigenvalue weighted by atomic mass is 16.5. The van der Waals surface area contributed by atoms with Crippen LogP contribution in [0.15, 0.2) is 61.2 Å². The highest BCUT2D eigenvalue weighted by molar-refractivity contribution is 5.99. The van der Waals surface area contributed by atoms with Crippen molar-refractivity contribution in [2.75, 3.05) is 73.9 Å². The fraction of sp³-hybridized carbons (Fsp3) is 0.333. The van der Waals surface area contributed by atoms with Gasteiger partial charge in [0.1, 0.15) is 23.0 Å². The molecule has 2 saturated heterocycles. The highest BCUT2D eigenvalue weighted by Gasteiger charge is 2.22. The topological polar surface area (TPSA) is 82.2 Å².